The number of aryl methyl sites for hydroxylation is 3. The van der Waals surface area contributed by atoms with Crippen LogP contribution in [0.4, 0.5) is 0 Å². The van der Waals surface area contributed by atoms with Crippen LogP contribution in [0.25, 0.3) is 0 Å². The van der Waals surface area contributed by atoms with Crippen LogP contribution in [0, 0.1) is 19.8 Å². The van der Waals surface area contributed by atoms with Crippen LogP contribution < -0.4 is 5.32 Å². The van der Waals surface area contributed by atoms with Gasteiger partial charge in [-0.3, -0.25) is 14.3 Å². The number of amides is 2. The summed E-state index contributed by atoms with van der Waals surface area (Å²) in [5, 5.41) is 28.8. The monoisotopic (exact) mass is 553 g/mol. The normalized spacial score (nSPS) is 24.1. The molecule has 39 heavy (non-hydrogen) atoms. The average molecular weight is 554 g/mol. The summed E-state index contributed by atoms with van der Waals surface area (Å²) in [6.07, 6.45) is -0.0929. The maximum absolute atomic E-state index is 13.5. The highest BCUT2D eigenvalue weighted by Crippen LogP contribution is 2.17. The van der Waals surface area contributed by atoms with E-state index in [4.69, 9.17) is 9.47 Å². The van der Waals surface area contributed by atoms with E-state index in [-0.39, 0.29) is 37.6 Å². The summed E-state index contributed by atoms with van der Waals surface area (Å²) >= 11 is 0. The number of hydrogen-bond donors (Lipinski definition) is 3. The number of carbonyl (C=O) groups excluding carboxylic acids is 2. The molecule has 0 bridgehead atoms. The van der Waals surface area contributed by atoms with Gasteiger partial charge in [0.25, 0.3) is 0 Å². The summed E-state index contributed by atoms with van der Waals surface area (Å²) in [4.78, 5) is 29.7. The molecule has 0 aromatic carbocycles. The zero-order chi connectivity index (χ0) is 28.9. The summed E-state index contributed by atoms with van der Waals surface area (Å²) in [5.74, 6) is 0.133. The molecule has 11 nitrogen and oxygen atoms in total. The molecule has 2 heterocycles. The van der Waals surface area contributed by atoms with Crippen molar-refractivity contribution in [2.45, 2.75) is 91.2 Å². The average Bonchev–Trinajstić information content (AvgIpc) is 3.20. The molecule has 11 heteroatoms. The van der Waals surface area contributed by atoms with Gasteiger partial charge in [0.15, 0.2) is 0 Å². The first kappa shape index (κ1) is 33.2. The molecule has 4 atom stereocenters. The minimum Gasteiger partial charge on any atom is -0.388 e. The number of methoxy groups -OCH3 is 1. The Morgan fingerprint density at radius 3 is 2.59 bits per heavy atom. The van der Waals surface area contributed by atoms with Crippen LogP contribution in [0.5, 0.6) is 0 Å². The summed E-state index contributed by atoms with van der Waals surface area (Å²) in [6, 6.07) is 1.86. The second-order valence-corrected chi connectivity index (χ2v) is 11.1. The Hall–Kier alpha value is -2.05. The first-order chi connectivity index (χ1) is 18.5. The highest BCUT2D eigenvalue weighted by molar-refractivity contribution is 5.79. The van der Waals surface area contributed by atoms with Crippen molar-refractivity contribution >= 4 is 11.8 Å². The fourth-order valence-corrected chi connectivity index (χ4v) is 5.07. The fourth-order valence-electron chi connectivity index (χ4n) is 5.07. The van der Waals surface area contributed by atoms with E-state index in [2.05, 4.69) is 30.3 Å². The van der Waals surface area contributed by atoms with Gasteiger partial charge in [0.1, 0.15) is 18.3 Å². The maximum Gasteiger partial charge on any atom is 0.236 e. The van der Waals surface area contributed by atoms with Crippen LogP contribution >= 0.6 is 0 Å². The topological polar surface area (TPSA) is 129 Å². The molecule has 1 aromatic heterocycles. The van der Waals surface area contributed by atoms with Crippen LogP contribution in [0.3, 0.4) is 0 Å². The van der Waals surface area contributed by atoms with Gasteiger partial charge in [-0.25, -0.2) is 0 Å². The Morgan fingerprint density at radius 1 is 1.23 bits per heavy atom. The van der Waals surface area contributed by atoms with Gasteiger partial charge in [-0.15, -0.1) is 0 Å². The minimum absolute atomic E-state index is 0.00188. The van der Waals surface area contributed by atoms with E-state index >= 15 is 0 Å². The number of nitrogens with one attached hydrogen (secondary N) is 1. The smallest absolute Gasteiger partial charge is 0.236 e. The number of aliphatic hydroxyl groups excluding tert-OH is 2. The Balaban J connectivity index is 2.12. The lowest BCUT2D eigenvalue weighted by Gasteiger charge is -2.38. The van der Waals surface area contributed by atoms with Gasteiger partial charge in [0.05, 0.1) is 18.8 Å². The van der Waals surface area contributed by atoms with E-state index < -0.39 is 18.3 Å². The van der Waals surface area contributed by atoms with Crippen molar-refractivity contribution in [1.29, 1.82) is 0 Å². The second kappa shape index (κ2) is 16.9. The highest BCUT2D eigenvalue weighted by atomic mass is 16.5. The molecule has 1 aliphatic heterocycles. The van der Waals surface area contributed by atoms with Crippen LogP contribution in [-0.4, -0.2) is 119 Å². The first-order valence-corrected chi connectivity index (χ1v) is 14.3. The van der Waals surface area contributed by atoms with Crippen molar-refractivity contribution in [2.75, 3.05) is 53.0 Å². The number of nitrogens with zero attached hydrogens (tertiary/aromatic N) is 4. The van der Waals surface area contributed by atoms with Crippen molar-refractivity contribution in [2.24, 2.45) is 5.92 Å². The number of carbonyl (C=O) groups is 2. The van der Waals surface area contributed by atoms with Crippen molar-refractivity contribution in [1.82, 2.24) is 24.9 Å². The second-order valence-electron chi connectivity index (χ2n) is 11.1. The molecule has 0 aliphatic carbocycles. The quantitative estimate of drug-likeness (QED) is 0.388. The lowest BCUT2D eigenvalue weighted by molar-refractivity contribution is -0.142. The molecule has 0 radical (unpaired) electrons. The Morgan fingerprint density at radius 2 is 1.97 bits per heavy atom. The van der Waals surface area contributed by atoms with E-state index in [1.165, 1.54) is 14.0 Å². The van der Waals surface area contributed by atoms with Gasteiger partial charge in [-0.1, -0.05) is 13.8 Å². The van der Waals surface area contributed by atoms with Gasteiger partial charge in [0.2, 0.25) is 11.8 Å². The highest BCUT2D eigenvalue weighted by Gasteiger charge is 2.32. The van der Waals surface area contributed by atoms with E-state index in [1.54, 1.807) is 4.90 Å². The van der Waals surface area contributed by atoms with Gasteiger partial charge in [0, 0.05) is 58.6 Å². The molecular weight excluding hydrogens is 502 g/mol. The van der Waals surface area contributed by atoms with E-state index in [1.807, 2.05) is 23.4 Å². The molecule has 1 fully saturated rings. The number of aromatic nitrogens is 2. The maximum atomic E-state index is 13.5. The van der Waals surface area contributed by atoms with Crippen LogP contribution in [0.1, 0.15) is 57.8 Å². The van der Waals surface area contributed by atoms with Crippen molar-refractivity contribution in [3.63, 3.8) is 0 Å². The van der Waals surface area contributed by atoms with E-state index in [9.17, 15) is 19.8 Å². The number of aliphatic hydroxyl groups is 2. The van der Waals surface area contributed by atoms with Crippen LogP contribution in [0.15, 0.2) is 6.07 Å². The Bertz CT molecular complexity index is 879. The molecule has 1 aromatic rings. The molecule has 2 rings (SSSR count). The first-order valence-electron chi connectivity index (χ1n) is 14.3. The largest absolute Gasteiger partial charge is 0.388 e. The van der Waals surface area contributed by atoms with Gasteiger partial charge < -0.3 is 34.8 Å². The number of hydrogen-bond acceptors (Lipinski definition) is 8. The fraction of sp³-hybridized carbons (Fsp3) is 0.821. The molecule has 224 valence electrons. The summed E-state index contributed by atoms with van der Waals surface area (Å²) in [7, 11) is 1.45. The van der Waals surface area contributed by atoms with E-state index in [0.717, 1.165) is 37.2 Å². The summed E-state index contributed by atoms with van der Waals surface area (Å²) < 4.78 is 13.0. The third-order valence-corrected chi connectivity index (χ3v) is 7.19. The van der Waals surface area contributed by atoms with Crippen LogP contribution in [-0.2, 0) is 25.6 Å². The SMILES string of the molecule is CO[C@@H]1CN(C(C)=O)C[C@@H](CC(C)C)N(C(=O)CNCCCn2nc(C)cc2C)CCCCOC[C@@H](O)[C@H]1O. The molecule has 0 spiro atoms. The lowest BCUT2D eigenvalue weighted by Crippen LogP contribution is -2.54. The summed E-state index contributed by atoms with van der Waals surface area (Å²) in [6.45, 7) is 12.8. The molecular formula is C28H51N5O6. The zero-order valence-corrected chi connectivity index (χ0v) is 24.8. The predicted molar refractivity (Wildman–Crippen MR) is 149 cm³/mol. The molecule has 2 amide bonds. The standard InChI is InChI=1S/C28H51N5O6/c1-20(2)14-24-17-31(23(5)34)18-26(38-6)28(37)25(35)19-39-13-8-7-11-32(24)27(36)16-29-10-9-12-33-22(4)15-21(3)30-33/h15,20,24-26,28-29,35,37H,7-14,16-19H2,1-6H3/t24-,25-,26-,28-/m1/s1. The molecule has 3 N–H and O–H groups in total. The molecule has 0 unspecified atom stereocenters. The molecule has 0 saturated carbocycles. The van der Waals surface area contributed by atoms with Crippen molar-refractivity contribution < 1.29 is 29.3 Å². The van der Waals surface area contributed by atoms with Gasteiger partial charge in [-0.05, 0) is 58.1 Å². The molecule has 1 saturated heterocycles. The van der Waals surface area contributed by atoms with Crippen molar-refractivity contribution in [3.8, 4) is 0 Å². The summed E-state index contributed by atoms with van der Waals surface area (Å²) in [5.41, 5.74) is 2.13. The number of ether oxygens (including phenoxy) is 2. The van der Waals surface area contributed by atoms with Gasteiger partial charge >= 0.3 is 0 Å². The van der Waals surface area contributed by atoms with Gasteiger partial charge in [-0.2, -0.15) is 5.10 Å². The van der Waals surface area contributed by atoms with Crippen molar-refractivity contribution in [3.05, 3.63) is 17.5 Å². The Kier molecular flexibility index (Phi) is 14.4. The zero-order valence-electron chi connectivity index (χ0n) is 24.8. The van der Waals surface area contributed by atoms with Crippen LogP contribution in [0.2, 0.25) is 0 Å². The predicted octanol–water partition coefficient (Wildman–Crippen LogP) is 1.12. The molecule has 1 aliphatic rings. The third kappa shape index (κ3) is 11.2. The Labute approximate surface area is 233 Å². The number of rotatable bonds is 9. The van der Waals surface area contributed by atoms with E-state index in [0.29, 0.717) is 38.6 Å². The minimum atomic E-state index is -1.21. The third-order valence-electron chi connectivity index (χ3n) is 7.19. The lowest BCUT2D eigenvalue weighted by atomic mass is 10.00.